The first-order chi connectivity index (χ1) is 17.2. The molecule has 1 unspecified atom stereocenters. The second kappa shape index (κ2) is 10.1. The van der Waals surface area contributed by atoms with E-state index in [1.807, 2.05) is 0 Å². The molecular weight excluding hydrogens is 426 g/mol. The van der Waals surface area contributed by atoms with Crippen LogP contribution in [0.2, 0.25) is 0 Å². The van der Waals surface area contributed by atoms with E-state index in [2.05, 4.69) is 139 Å². The predicted octanol–water partition coefficient (Wildman–Crippen LogP) is 8.26. The Hall–Kier alpha value is -3.98. The van der Waals surface area contributed by atoms with Crippen molar-refractivity contribution in [3.63, 3.8) is 0 Å². The molecule has 4 aromatic carbocycles. The smallest absolute Gasteiger partial charge is 0.0794 e. The number of nitrogens with zero attached hydrogens (tertiary/aromatic N) is 3. The quantitative estimate of drug-likeness (QED) is 0.274. The van der Waals surface area contributed by atoms with Crippen LogP contribution < -0.4 is 4.90 Å². The minimum atomic E-state index is 0.203. The van der Waals surface area contributed by atoms with Crippen LogP contribution in [0.1, 0.15) is 42.5 Å². The average Bonchev–Trinajstić information content (AvgIpc) is 3.35. The van der Waals surface area contributed by atoms with Crippen LogP contribution in [0.25, 0.3) is 0 Å². The Morgan fingerprint density at radius 3 is 1.77 bits per heavy atom. The molecule has 4 aromatic rings. The summed E-state index contributed by atoms with van der Waals surface area (Å²) in [7, 11) is 0. The van der Waals surface area contributed by atoms with E-state index in [1.54, 1.807) is 0 Å². The minimum absolute atomic E-state index is 0.203. The SMILES string of the molecule is CCc1ccccc1N(c1ccccc1)c1ccc(C2=NN=C(c3ccc(C)cc3)C2CC)cc1. The lowest BCUT2D eigenvalue weighted by molar-refractivity contribution is 0.872. The second-order valence-electron chi connectivity index (χ2n) is 9.00. The van der Waals surface area contributed by atoms with Gasteiger partial charge in [-0.1, -0.05) is 92.2 Å². The topological polar surface area (TPSA) is 28.0 Å². The van der Waals surface area contributed by atoms with Gasteiger partial charge in [-0.3, -0.25) is 0 Å². The van der Waals surface area contributed by atoms with Crippen molar-refractivity contribution in [3.8, 4) is 0 Å². The molecule has 0 spiro atoms. The molecule has 1 aliphatic rings. The lowest BCUT2D eigenvalue weighted by atomic mass is 9.87. The summed E-state index contributed by atoms with van der Waals surface area (Å²) in [5, 5.41) is 9.26. The monoisotopic (exact) mass is 457 g/mol. The van der Waals surface area contributed by atoms with E-state index in [1.165, 1.54) is 16.8 Å². The lowest BCUT2D eigenvalue weighted by Gasteiger charge is -2.27. The zero-order valence-electron chi connectivity index (χ0n) is 20.6. The number of anilines is 3. The van der Waals surface area contributed by atoms with E-state index in [0.29, 0.717) is 0 Å². The van der Waals surface area contributed by atoms with Crippen LogP contribution in [0, 0.1) is 12.8 Å². The number of hydrogen-bond donors (Lipinski definition) is 0. The van der Waals surface area contributed by atoms with Gasteiger partial charge in [0.15, 0.2) is 0 Å². The molecule has 3 nitrogen and oxygen atoms in total. The Labute approximate surface area is 208 Å². The van der Waals surface area contributed by atoms with Crippen molar-refractivity contribution in [2.75, 3.05) is 4.90 Å². The lowest BCUT2D eigenvalue weighted by Crippen LogP contribution is -2.21. The van der Waals surface area contributed by atoms with Crippen molar-refractivity contribution in [2.24, 2.45) is 16.1 Å². The second-order valence-corrected chi connectivity index (χ2v) is 9.00. The first kappa shape index (κ1) is 22.8. The third-order valence-corrected chi connectivity index (χ3v) is 6.73. The van der Waals surface area contributed by atoms with Crippen molar-refractivity contribution in [1.29, 1.82) is 0 Å². The van der Waals surface area contributed by atoms with Crippen LogP contribution in [-0.4, -0.2) is 11.4 Å². The normalized spacial score (nSPS) is 15.0. The van der Waals surface area contributed by atoms with Crippen LogP contribution in [0.5, 0.6) is 0 Å². The van der Waals surface area contributed by atoms with Gasteiger partial charge < -0.3 is 4.90 Å². The van der Waals surface area contributed by atoms with Gasteiger partial charge in [-0.15, -0.1) is 0 Å². The molecule has 0 saturated heterocycles. The molecule has 5 rings (SSSR count). The molecule has 1 heterocycles. The van der Waals surface area contributed by atoms with E-state index in [0.717, 1.165) is 46.8 Å². The Balaban J connectivity index is 1.48. The van der Waals surface area contributed by atoms with Gasteiger partial charge in [0.25, 0.3) is 0 Å². The van der Waals surface area contributed by atoms with Gasteiger partial charge in [-0.25, -0.2) is 0 Å². The van der Waals surface area contributed by atoms with Crippen LogP contribution in [0.15, 0.2) is 113 Å². The van der Waals surface area contributed by atoms with Gasteiger partial charge >= 0.3 is 0 Å². The summed E-state index contributed by atoms with van der Waals surface area (Å²) in [6.07, 6.45) is 1.94. The fourth-order valence-electron chi connectivity index (χ4n) is 4.82. The Bertz CT molecular complexity index is 1350. The molecular formula is C32H31N3. The molecule has 174 valence electrons. The standard InChI is InChI=1S/C32H31N3/c1-4-24-11-9-10-14-30(24)35(27-12-7-6-8-13-27)28-21-19-26(20-22-28)32-29(5-2)31(33-34-32)25-17-15-23(3)16-18-25/h6-22,29H,4-5H2,1-3H3. The molecule has 0 aliphatic carbocycles. The maximum Gasteiger partial charge on any atom is 0.0794 e. The summed E-state index contributed by atoms with van der Waals surface area (Å²) in [6.45, 7) is 6.53. The molecule has 0 fully saturated rings. The average molecular weight is 458 g/mol. The first-order valence-corrected chi connectivity index (χ1v) is 12.5. The predicted molar refractivity (Wildman–Crippen MR) is 149 cm³/mol. The maximum absolute atomic E-state index is 4.65. The Kier molecular flexibility index (Phi) is 6.58. The summed E-state index contributed by atoms with van der Waals surface area (Å²) in [5.74, 6) is 0.203. The third kappa shape index (κ3) is 4.54. The maximum atomic E-state index is 4.65. The highest BCUT2D eigenvalue weighted by Gasteiger charge is 2.28. The number of rotatable bonds is 7. The molecule has 0 saturated carbocycles. The fraction of sp³-hybridized carbons (Fsp3) is 0.188. The summed E-state index contributed by atoms with van der Waals surface area (Å²) >= 11 is 0. The Morgan fingerprint density at radius 2 is 1.17 bits per heavy atom. The van der Waals surface area contributed by atoms with Crippen LogP contribution in [0.3, 0.4) is 0 Å². The number of aryl methyl sites for hydroxylation is 2. The molecule has 0 bridgehead atoms. The van der Waals surface area contributed by atoms with Crippen molar-refractivity contribution in [3.05, 3.63) is 125 Å². The van der Waals surface area contributed by atoms with E-state index >= 15 is 0 Å². The highest BCUT2D eigenvalue weighted by molar-refractivity contribution is 6.22. The molecule has 35 heavy (non-hydrogen) atoms. The number of hydrogen-bond acceptors (Lipinski definition) is 3. The van der Waals surface area contributed by atoms with E-state index in [-0.39, 0.29) is 5.92 Å². The fourth-order valence-corrected chi connectivity index (χ4v) is 4.82. The first-order valence-electron chi connectivity index (χ1n) is 12.5. The molecule has 0 aromatic heterocycles. The molecule has 0 N–H and O–H groups in total. The van der Waals surface area contributed by atoms with Crippen molar-refractivity contribution < 1.29 is 0 Å². The van der Waals surface area contributed by atoms with E-state index in [4.69, 9.17) is 0 Å². The van der Waals surface area contributed by atoms with Gasteiger partial charge in [-0.05, 0) is 66.8 Å². The van der Waals surface area contributed by atoms with Gasteiger partial charge in [-0.2, -0.15) is 10.2 Å². The summed E-state index contributed by atoms with van der Waals surface area (Å²) in [6, 6.07) is 36.6. The third-order valence-electron chi connectivity index (χ3n) is 6.73. The van der Waals surface area contributed by atoms with Crippen molar-refractivity contribution in [1.82, 2.24) is 0 Å². The number of para-hydroxylation sites is 2. The van der Waals surface area contributed by atoms with Crippen LogP contribution in [0.4, 0.5) is 17.1 Å². The zero-order chi connectivity index (χ0) is 24.2. The van der Waals surface area contributed by atoms with E-state index < -0.39 is 0 Å². The highest BCUT2D eigenvalue weighted by Crippen LogP contribution is 2.37. The van der Waals surface area contributed by atoms with Gasteiger partial charge in [0.1, 0.15) is 0 Å². The number of benzene rings is 4. The Morgan fingerprint density at radius 1 is 0.629 bits per heavy atom. The van der Waals surface area contributed by atoms with Gasteiger partial charge in [0, 0.05) is 23.0 Å². The highest BCUT2D eigenvalue weighted by atomic mass is 15.2. The van der Waals surface area contributed by atoms with Crippen LogP contribution in [-0.2, 0) is 6.42 Å². The molecule has 0 radical (unpaired) electrons. The summed E-state index contributed by atoms with van der Waals surface area (Å²) in [5.41, 5.74) is 10.5. The summed E-state index contributed by atoms with van der Waals surface area (Å²) in [4.78, 5) is 2.34. The van der Waals surface area contributed by atoms with Crippen LogP contribution >= 0.6 is 0 Å². The summed E-state index contributed by atoms with van der Waals surface area (Å²) < 4.78 is 0. The van der Waals surface area contributed by atoms with Crippen molar-refractivity contribution in [2.45, 2.75) is 33.6 Å². The van der Waals surface area contributed by atoms with Crippen molar-refractivity contribution >= 4 is 28.5 Å². The minimum Gasteiger partial charge on any atom is -0.310 e. The molecule has 1 atom stereocenters. The van der Waals surface area contributed by atoms with Gasteiger partial charge in [0.05, 0.1) is 11.4 Å². The zero-order valence-corrected chi connectivity index (χ0v) is 20.6. The molecule has 0 amide bonds. The van der Waals surface area contributed by atoms with Gasteiger partial charge in [0.2, 0.25) is 0 Å². The molecule has 1 aliphatic heterocycles. The largest absolute Gasteiger partial charge is 0.310 e. The molecule has 3 heteroatoms. The van der Waals surface area contributed by atoms with E-state index in [9.17, 15) is 0 Å².